The predicted octanol–water partition coefficient (Wildman–Crippen LogP) is 0.811. The van der Waals surface area contributed by atoms with E-state index in [9.17, 15) is 0 Å². The fraction of sp³-hybridized carbons (Fsp3) is 0.667. The van der Waals surface area contributed by atoms with Gasteiger partial charge < -0.3 is 15.0 Å². The second kappa shape index (κ2) is 5.93. The van der Waals surface area contributed by atoms with Crippen LogP contribution in [-0.4, -0.2) is 42.3 Å². The van der Waals surface area contributed by atoms with E-state index < -0.39 is 0 Å². The summed E-state index contributed by atoms with van der Waals surface area (Å²) in [6, 6.07) is 0.350. The molecule has 0 aromatic carbocycles. The Morgan fingerprint density at radius 3 is 2.88 bits per heavy atom. The van der Waals surface area contributed by atoms with Crippen molar-refractivity contribution in [2.45, 2.75) is 26.4 Å². The maximum absolute atomic E-state index is 5.40. The molecule has 2 heterocycles. The summed E-state index contributed by atoms with van der Waals surface area (Å²) in [5, 5.41) is 3.26. The fourth-order valence-corrected chi connectivity index (χ4v) is 1.88. The van der Waals surface area contributed by atoms with E-state index in [1.807, 2.05) is 12.4 Å². The summed E-state index contributed by atoms with van der Waals surface area (Å²) < 4.78 is 5.40. The zero-order valence-electron chi connectivity index (χ0n) is 10.5. The number of nitrogens with zero attached hydrogens (tertiary/aromatic N) is 3. The van der Waals surface area contributed by atoms with E-state index in [0.717, 1.165) is 44.4 Å². The Hall–Kier alpha value is -1.20. The van der Waals surface area contributed by atoms with Crippen molar-refractivity contribution in [2.75, 3.05) is 31.2 Å². The van der Waals surface area contributed by atoms with Crippen molar-refractivity contribution in [1.82, 2.24) is 15.3 Å². The third-order valence-corrected chi connectivity index (χ3v) is 2.90. The zero-order valence-corrected chi connectivity index (χ0v) is 10.5. The first-order valence-electron chi connectivity index (χ1n) is 6.17. The summed E-state index contributed by atoms with van der Waals surface area (Å²) in [7, 11) is 0. The van der Waals surface area contributed by atoms with E-state index in [1.54, 1.807) is 0 Å². The number of ether oxygens (including phenoxy) is 1. The quantitative estimate of drug-likeness (QED) is 0.838. The largest absolute Gasteiger partial charge is 0.377 e. The number of nitrogens with one attached hydrogen (secondary N) is 1. The van der Waals surface area contributed by atoms with E-state index >= 15 is 0 Å². The Bertz CT molecular complexity index is 341. The van der Waals surface area contributed by atoms with Crippen LogP contribution in [0.4, 0.5) is 5.95 Å². The van der Waals surface area contributed by atoms with Gasteiger partial charge in [0.05, 0.1) is 19.3 Å². The van der Waals surface area contributed by atoms with Crippen LogP contribution in [0.25, 0.3) is 0 Å². The first-order chi connectivity index (χ1) is 8.31. The summed E-state index contributed by atoms with van der Waals surface area (Å²) >= 11 is 0. The van der Waals surface area contributed by atoms with Gasteiger partial charge in [-0.05, 0) is 13.5 Å². The van der Waals surface area contributed by atoms with Gasteiger partial charge in [-0.3, -0.25) is 0 Å². The molecule has 1 aromatic rings. The molecule has 17 heavy (non-hydrogen) atoms. The minimum atomic E-state index is 0.350. The van der Waals surface area contributed by atoms with Crippen LogP contribution in [0, 0.1) is 0 Å². The van der Waals surface area contributed by atoms with Gasteiger partial charge in [-0.25, -0.2) is 9.97 Å². The molecule has 1 aliphatic rings. The van der Waals surface area contributed by atoms with Crippen molar-refractivity contribution in [3.8, 4) is 0 Å². The monoisotopic (exact) mass is 236 g/mol. The van der Waals surface area contributed by atoms with Crippen molar-refractivity contribution < 1.29 is 4.74 Å². The number of morpholine rings is 1. The lowest BCUT2D eigenvalue weighted by Crippen LogP contribution is -2.44. The smallest absolute Gasteiger partial charge is 0.225 e. The number of rotatable bonds is 4. The van der Waals surface area contributed by atoms with Gasteiger partial charge in [0.1, 0.15) is 0 Å². The number of hydrogen-bond donors (Lipinski definition) is 1. The highest BCUT2D eigenvalue weighted by atomic mass is 16.5. The molecule has 1 unspecified atom stereocenters. The second-order valence-electron chi connectivity index (χ2n) is 4.29. The Kier molecular flexibility index (Phi) is 4.28. The van der Waals surface area contributed by atoms with Crippen LogP contribution in [-0.2, 0) is 11.3 Å². The molecule has 0 amide bonds. The highest BCUT2D eigenvalue weighted by Crippen LogP contribution is 2.14. The Morgan fingerprint density at radius 1 is 1.47 bits per heavy atom. The first kappa shape index (κ1) is 12.3. The first-order valence-corrected chi connectivity index (χ1v) is 6.17. The van der Waals surface area contributed by atoms with Crippen LogP contribution in [0.1, 0.15) is 19.4 Å². The van der Waals surface area contributed by atoms with Gasteiger partial charge in [-0.1, -0.05) is 6.92 Å². The highest BCUT2D eigenvalue weighted by Gasteiger charge is 2.20. The summed E-state index contributed by atoms with van der Waals surface area (Å²) in [6.07, 6.45) is 3.79. The van der Waals surface area contributed by atoms with Crippen LogP contribution < -0.4 is 10.2 Å². The van der Waals surface area contributed by atoms with Crippen molar-refractivity contribution in [3.63, 3.8) is 0 Å². The number of anilines is 1. The van der Waals surface area contributed by atoms with E-state index in [0.29, 0.717) is 6.04 Å². The van der Waals surface area contributed by atoms with Crippen molar-refractivity contribution in [1.29, 1.82) is 0 Å². The molecule has 0 spiro atoms. The Morgan fingerprint density at radius 2 is 2.24 bits per heavy atom. The maximum atomic E-state index is 5.40. The lowest BCUT2D eigenvalue weighted by Gasteiger charge is -2.33. The molecule has 1 aromatic heterocycles. The van der Waals surface area contributed by atoms with E-state index in [-0.39, 0.29) is 0 Å². The van der Waals surface area contributed by atoms with Crippen molar-refractivity contribution in [3.05, 3.63) is 18.0 Å². The molecule has 1 N–H and O–H groups in total. The molecule has 1 aliphatic heterocycles. The Labute approximate surface area is 102 Å². The summed E-state index contributed by atoms with van der Waals surface area (Å²) in [6.45, 7) is 8.39. The highest BCUT2D eigenvalue weighted by molar-refractivity contribution is 5.32. The summed E-state index contributed by atoms with van der Waals surface area (Å²) in [4.78, 5) is 11.0. The molecule has 0 bridgehead atoms. The maximum Gasteiger partial charge on any atom is 0.225 e. The number of hydrogen-bond acceptors (Lipinski definition) is 5. The third-order valence-electron chi connectivity index (χ3n) is 2.90. The van der Waals surface area contributed by atoms with Crippen LogP contribution in [0.5, 0.6) is 0 Å². The minimum Gasteiger partial charge on any atom is -0.377 e. The fourth-order valence-electron chi connectivity index (χ4n) is 1.88. The molecule has 5 heteroatoms. The molecule has 94 valence electrons. The molecular weight excluding hydrogens is 216 g/mol. The molecular formula is C12H20N4O. The van der Waals surface area contributed by atoms with Crippen LogP contribution in [0.2, 0.25) is 0 Å². The van der Waals surface area contributed by atoms with Crippen molar-refractivity contribution in [2.24, 2.45) is 0 Å². The van der Waals surface area contributed by atoms with Gasteiger partial charge in [-0.15, -0.1) is 0 Å². The molecule has 0 saturated carbocycles. The Balaban J connectivity index is 2.01. The molecule has 1 fully saturated rings. The zero-order chi connectivity index (χ0) is 12.1. The SMILES string of the molecule is CCNCc1cnc(N2CCOCC2C)nc1. The molecule has 5 nitrogen and oxygen atoms in total. The molecule has 1 atom stereocenters. The summed E-state index contributed by atoms with van der Waals surface area (Å²) in [5.41, 5.74) is 1.12. The van der Waals surface area contributed by atoms with Gasteiger partial charge in [0, 0.05) is 31.0 Å². The molecule has 0 aliphatic carbocycles. The van der Waals surface area contributed by atoms with Crippen molar-refractivity contribution >= 4 is 5.95 Å². The third kappa shape index (κ3) is 3.14. The minimum absolute atomic E-state index is 0.350. The summed E-state index contributed by atoms with van der Waals surface area (Å²) in [5.74, 6) is 0.807. The lowest BCUT2D eigenvalue weighted by molar-refractivity contribution is 0.0981. The van der Waals surface area contributed by atoms with E-state index in [2.05, 4.69) is 34.0 Å². The van der Waals surface area contributed by atoms with Gasteiger partial charge in [0.2, 0.25) is 5.95 Å². The molecule has 1 saturated heterocycles. The molecule has 0 radical (unpaired) electrons. The normalized spacial score (nSPS) is 20.6. The topological polar surface area (TPSA) is 50.3 Å². The average Bonchev–Trinajstić information content (AvgIpc) is 2.38. The predicted molar refractivity (Wildman–Crippen MR) is 67.0 cm³/mol. The average molecular weight is 236 g/mol. The second-order valence-corrected chi connectivity index (χ2v) is 4.29. The van der Waals surface area contributed by atoms with E-state index in [4.69, 9.17) is 4.74 Å². The van der Waals surface area contributed by atoms with Crippen LogP contribution >= 0.6 is 0 Å². The number of aromatic nitrogens is 2. The van der Waals surface area contributed by atoms with Gasteiger partial charge in [0.25, 0.3) is 0 Å². The molecule has 2 rings (SSSR count). The van der Waals surface area contributed by atoms with Gasteiger partial charge in [-0.2, -0.15) is 0 Å². The van der Waals surface area contributed by atoms with Crippen LogP contribution in [0.15, 0.2) is 12.4 Å². The standard InChI is InChI=1S/C12H20N4O/c1-3-13-6-11-7-14-12(15-8-11)16-4-5-17-9-10(16)2/h7-8,10,13H,3-6,9H2,1-2H3. The van der Waals surface area contributed by atoms with Gasteiger partial charge in [0.15, 0.2) is 0 Å². The lowest BCUT2D eigenvalue weighted by atomic mass is 10.3. The van der Waals surface area contributed by atoms with Crippen LogP contribution in [0.3, 0.4) is 0 Å². The van der Waals surface area contributed by atoms with E-state index in [1.165, 1.54) is 0 Å². The van der Waals surface area contributed by atoms with Gasteiger partial charge >= 0.3 is 0 Å².